The zero-order valence-corrected chi connectivity index (χ0v) is 17.5. The molecule has 2 heteroatoms. The van der Waals surface area contributed by atoms with E-state index in [1.54, 1.807) is 0 Å². The van der Waals surface area contributed by atoms with Gasteiger partial charge in [-0.05, 0) is 85.4 Å². The van der Waals surface area contributed by atoms with E-state index in [9.17, 15) is 9.90 Å². The van der Waals surface area contributed by atoms with Gasteiger partial charge in [-0.2, -0.15) is 0 Å². The third kappa shape index (κ3) is 2.65. The number of Topliss-reactive ketones (excluding diaryl/α,β-unsaturated/α-hetero) is 1. The van der Waals surface area contributed by atoms with Gasteiger partial charge in [0, 0.05) is 12.3 Å². The summed E-state index contributed by atoms with van der Waals surface area (Å²) < 4.78 is 0. The number of carbonyl (C=O) groups is 1. The highest BCUT2D eigenvalue weighted by Gasteiger charge is 2.62. The number of hydrogen-bond donors (Lipinski definition) is 1. The second-order valence-electron chi connectivity index (χ2n) is 11.0. The molecule has 0 heterocycles. The Morgan fingerprint density at radius 1 is 1.08 bits per heavy atom. The maximum atomic E-state index is 13.3. The molecule has 0 spiro atoms. The van der Waals surface area contributed by atoms with Crippen molar-refractivity contribution in [2.75, 3.05) is 0 Å². The zero-order chi connectivity index (χ0) is 18.7. The molecule has 9 atom stereocenters. The van der Waals surface area contributed by atoms with Gasteiger partial charge in [0.25, 0.3) is 0 Å². The molecule has 0 amide bonds. The molecule has 0 saturated heterocycles. The van der Waals surface area contributed by atoms with Crippen molar-refractivity contribution >= 4 is 5.78 Å². The molecule has 0 aliphatic heterocycles. The van der Waals surface area contributed by atoms with E-state index < -0.39 is 0 Å². The summed E-state index contributed by atoms with van der Waals surface area (Å²) in [6.07, 6.45) is 11.4. The predicted molar refractivity (Wildman–Crippen MR) is 106 cm³/mol. The second-order valence-corrected chi connectivity index (χ2v) is 11.0. The van der Waals surface area contributed by atoms with Crippen molar-refractivity contribution in [2.24, 2.45) is 46.3 Å². The fourth-order valence-electron chi connectivity index (χ4n) is 8.54. The van der Waals surface area contributed by atoms with Gasteiger partial charge >= 0.3 is 0 Å². The van der Waals surface area contributed by atoms with Crippen LogP contribution in [0.1, 0.15) is 91.9 Å². The van der Waals surface area contributed by atoms with Gasteiger partial charge in [-0.25, -0.2) is 0 Å². The maximum absolute atomic E-state index is 13.3. The first-order valence-corrected chi connectivity index (χ1v) is 11.5. The lowest BCUT2D eigenvalue weighted by molar-refractivity contribution is -0.160. The first kappa shape index (κ1) is 19.0. The van der Waals surface area contributed by atoms with E-state index in [1.807, 2.05) is 0 Å². The molecule has 148 valence electrons. The monoisotopic (exact) mass is 360 g/mol. The van der Waals surface area contributed by atoms with Crippen LogP contribution in [0.5, 0.6) is 0 Å². The smallest absolute Gasteiger partial charge is 0.136 e. The molecule has 1 N–H and O–H groups in total. The van der Waals surface area contributed by atoms with Gasteiger partial charge in [-0.3, -0.25) is 4.79 Å². The third-order valence-corrected chi connectivity index (χ3v) is 9.95. The van der Waals surface area contributed by atoms with E-state index >= 15 is 0 Å². The predicted octanol–water partition coefficient (Wildman–Crippen LogP) is 5.62. The van der Waals surface area contributed by atoms with E-state index in [-0.39, 0.29) is 6.10 Å². The molecule has 2 nitrogen and oxygen atoms in total. The highest BCUT2D eigenvalue weighted by atomic mass is 16.3. The Kier molecular flexibility index (Phi) is 4.82. The molecular weight excluding hydrogens is 320 g/mol. The normalized spacial score (nSPS) is 52.1. The number of rotatable bonds is 3. The number of hydrogen-bond acceptors (Lipinski definition) is 2. The SMILES string of the molecule is CCC[C@@H](C)[C@H]1CCC2[C@@H]3C(=O)C[C@@H]4C[C@H](O)CC[C@]4(C)C3CC[C@@]21C. The van der Waals surface area contributed by atoms with Crippen molar-refractivity contribution < 1.29 is 9.90 Å². The highest BCUT2D eigenvalue weighted by Crippen LogP contribution is 2.67. The van der Waals surface area contributed by atoms with Crippen LogP contribution in [-0.4, -0.2) is 17.0 Å². The largest absolute Gasteiger partial charge is 0.393 e. The van der Waals surface area contributed by atoms with Gasteiger partial charge in [-0.15, -0.1) is 0 Å². The zero-order valence-electron chi connectivity index (χ0n) is 17.5. The molecule has 4 aliphatic rings. The molecule has 4 saturated carbocycles. The number of aliphatic hydroxyl groups excluding tert-OH is 1. The van der Waals surface area contributed by atoms with Crippen LogP contribution in [0.25, 0.3) is 0 Å². The lowest BCUT2D eigenvalue weighted by Gasteiger charge is -2.60. The van der Waals surface area contributed by atoms with Crippen LogP contribution >= 0.6 is 0 Å². The van der Waals surface area contributed by atoms with Crippen LogP contribution in [-0.2, 0) is 4.79 Å². The Morgan fingerprint density at radius 2 is 1.77 bits per heavy atom. The fourth-order valence-corrected chi connectivity index (χ4v) is 8.54. The number of carbonyl (C=O) groups excluding carboxylic acids is 1. The summed E-state index contributed by atoms with van der Waals surface area (Å²) in [5.41, 5.74) is 0.690. The highest BCUT2D eigenvalue weighted by molar-refractivity contribution is 5.83. The second kappa shape index (κ2) is 6.61. The van der Waals surface area contributed by atoms with Crippen LogP contribution in [0.2, 0.25) is 0 Å². The van der Waals surface area contributed by atoms with Crippen molar-refractivity contribution in [2.45, 2.75) is 98.0 Å². The summed E-state index contributed by atoms with van der Waals surface area (Å²) in [7, 11) is 0. The summed E-state index contributed by atoms with van der Waals surface area (Å²) in [4.78, 5) is 13.3. The Labute approximate surface area is 160 Å². The van der Waals surface area contributed by atoms with E-state index in [2.05, 4.69) is 27.7 Å². The number of ketones is 1. The van der Waals surface area contributed by atoms with Crippen LogP contribution in [0.3, 0.4) is 0 Å². The average Bonchev–Trinajstić information content (AvgIpc) is 2.94. The molecule has 4 rings (SSSR count). The number of aliphatic hydroxyl groups is 1. The molecule has 0 radical (unpaired) electrons. The van der Waals surface area contributed by atoms with Crippen LogP contribution in [0.4, 0.5) is 0 Å². The quantitative estimate of drug-likeness (QED) is 0.709. The summed E-state index contributed by atoms with van der Waals surface area (Å²) >= 11 is 0. The van der Waals surface area contributed by atoms with Crippen molar-refractivity contribution in [3.63, 3.8) is 0 Å². The van der Waals surface area contributed by atoms with E-state index in [4.69, 9.17) is 0 Å². The van der Waals surface area contributed by atoms with Crippen LogP contribution < -0.4 is 0 Å². The lowest BCUT2D eigenvalue weighted by Crippen LogP contribution is -2.57. The van der Waals surface area contributed by atoms with Gasteiger partial charge in [0.15, 0.2) is 0 Å². The van der Waals surface area contributed by atoms with E-state index in [1.165, 1.54) is 38.5 Å². The van der Waals surface area contributed by atoms with Crippen molar-refractivity contribution in [3.8, 4) is 0 Å². The minimum absolute atomic E-state index is 0.169. The Bertz CT molecular complexity index is 556. The first-order valence-electron chi connectivity index (χ1n) is 11.5. The minimum atomic E-state index is -0.169. The Hall–Kier alpha value is -0.370. The Morgan fingerprint density at radius 3 is 2.50 bits per heavy atom. The van der Waals surface area contributed by atoms with E-state index in [0.717, 1.165) is 37.5 Å². The van der Waals surface area contributed by atoms with Crippen LogP contribution in [0, 0.1) is 46.3 Å². The average molecular weight is 361 g/mol. The van der Waals surface area contributed by atoms with Crippen molar-refractivity contribution in [3.05, 3.63) is 0 Å². The Balaban J connectivity index is 1.62. The topological polar surface area (TPSA) is 37.3 Å². The van der Waals surface area contributed by atoms with Gasteiger partial charge in [0.05, 0.1) is 6.10 Å². The van der Waals surface area contributed by atoms with Gasteiger partial charge in [0.2, 0.25) is 0 Å². The molecule has 4 fully saturated rings. The van der Waals surface area contributed by atoms with Gasteiger partial charge in [-0.1, -0.05) is 40.5 Å². The minimum Gasteiger partial charge on any atom is -0.393 e. The molecule has 4 aliphatic carbocycles. The lowest BCUT2D eigenvalue weighted by atomic mass is 9.44. The summed E-state index contributed by atoms with van der Waals surface area (Å²) in [5.74, 6) is 4.15. The third-order valence-electron chi connectivity index (χ3n) is 9.95. The molecule has 26 heavy (non-hydrogen) atoms. The molecule has 0 aromatic rings. The molecule has 2 unspecified atom stereocenters. The molecule has 0 bridgehead atoms. The first-order chi connectivity index (χ1) is 12.3. The summed E-state index contributed by atoms with van der Waals surface area (Å²) in [5, 5.41) is 10.2. The molecular formula is C24H40O2. The maximum Gasteiger partial charge on any atom is 0.136 e. The van der Waals surface area contributed by atoms with E-state index in [0.29, 0.717) is 40.3 Å². The van der Waals surface area contributed by atoms with Crippen molar-refractivity contribution in [1.29, 1.82) is 0 Å². The molecule has 0 aromatic heterocycles. The fraction of sp³-hybridized carbons (Fsp3) is 0.958. The van der Waals surface area contributed by atoms with Gasteiger partial charge < -0.3 is 5.11 Å². The van der Waals surface area contributed by atoms with Crippen molar-refractivity contribution in [1.82, 2.24) is 0 Å². The van der Waals surface area contributed by atoms with Gasteiger partial charge in [0.1, 0.15) is 5.78 Å². The number of fused-ring (bicyclic) bond motifs is 5. The summed E-state index contributed by atoms with van der Waals surface area (Å²) in [6.45, 7) is 9.80. The van der Waals surface area contributed by atoms with Crippen LogP contribution in [0.15, 0.2) is 0 Å². The molecule has 0 aromatic carbocycles. The summed E-state index contributed by atoms with van der Waals surface area (Å²) in [6, 6.07) is 0. The standard InChI is InChI=1S/C24H40O2/c1-5-6-15(2)18-7-8-19-22-20(10-12-24(18,19)4)23(3)11-9-17(25)13-16(23)14-21(22)26/h15-20,22,25H,5-14H2,1-4H3/t15-,16+,17-,18-,19?,20?,22+,23+,24-/m1/s1.